The van der Waals surface area contributed by atoms with Crippen LogP contribution in [0.4, 0.5) is 0 Å². The summed E-state index contributed by atoms with van der Waals surface area (Å²) in [4.78, 5) is 22.0. The van der Waals surface area contributed by atoms with E-state index in [0.717, 1.165) is 58.5 Å². The van der Waals surface area contributed by atoms with E-state index in [4.69, 9.17) is 0 Å². The van der Waals surface area contributed by atoms with Gasteiger partial charge in [0.1, 0.15) is 5.82 Å². The summed E-state index contributed by atoms with van der Waals surface area (Å²) >= 11 is 0. The third-order valence-electron chi connectivity index (χ3n) is 5.63. The molecule has 5 nitrogen and oxygen atoms in total. The topological polar surface area (TPSA) is 59.8 Å². The van der Waals surface area contributed by atoms with Crippen LogP contribution < -0.4 is 5.32 Å². The van der Waals surface area contributed by atoms with Gasteiger partial charge in [0, 0.05) is 42.0 Å². The number of hydrogen-bond donors (Lipinski definition) is 1. The summed E-state index contributed by atoms with van der Waals surface area (Å²) in [6.07, 6.45) is 6.13. The first-order valence-corrected chi connectivity index (χ1v) is 9.51. The zero-order chi connectivity index (χ0) is 19.2. The van der Waals surface area contributed by atoms with Crippen molar-refractivity contribution in [3.63, 3.8) is 0 Å². The Morgan fingerprint density at radius 1 is 1.19 bits per heavy atom. The van der Waals surface area contributed by atoms with Gasteiger partial charge < -0.3 is 9.88 Å². The average Bonchev–Trinajstić information content (AvgIpc) is 3.27. The highest BCUT2D eigenvalue weighted by Gasteiger charge is 2.43. The third-order valence-corrected chi connectivity index (χ3v) is 5.63. The molecule has 0 saturated heterocycles. The molecular formula is C22H26N4O. The van der Waals surface area contributed by atoms with Crippen molar-refractivity contribution in [2.75, 3.05) is 6.54 Å². The molecule has 1 saturated carbocycles. The number of pyridine rings is 1. The lowest BCUT2D eigenvalue weighted by molar-refractivity contribution is 0.0944. The van der Waals surface area contributed by atoms with E-state index in [9.17, 15) is 4.79 Å². The molecule has 4 rings (SSSR count). The number of aryl methyl sites for hydroxylation is 4. The molecule has 2 aromatic heterocycles. The minimum Gasteiger partial charge on any atom is -0.351 e. The van der Waals surface area contributed by atoms with Crippen molar-refractivity contribution in [3.05, 3.63) is 58.8 Å². The van der Waals surface area contributed by atoms with Crippen molar-refractivity contribution in [1.29, 1.82) is 0 Å². The molecule has 27 heavy (non-hydrogen) atoms. The largest absolute Gasteiger partial charge is 0.351 e. The molecule has 5 heteroatoms. The van der Waals surface area contributed by atoms with Gasteiger partial charge in [-0.2, -0.15) is 0 Å². The lowest BCUT2D eigenvalue weighted by Gasteiger charge is -2.18. The van der Waals surface area contributed by atoms with Crippen LogP contribution in [0.5, 0.6) is 0 Å². The zero-order valence-corrected chi connectivity index (χ0v) is 16.5. The maximum atomic E-state index is 13.0. The molecule has 140 valence electrons. The summed E-state index contributed by atoms with van der Waals surface area (Å²) < 4.78 is 2.18. The molecule has 1 fully saturated rings. The number of nitrogens with one attached hydrogen (secondary N) is 1. The van der Waals surface area contributed by atoms with E-state index in [1.165, 1.54) is 0 Å². The van der Waals surface area contributed by atoms with Gasteiger partial charge >= 0.3 is 0 Å². The molecule has 1 N–H and O–H groups in total. The first-order chi connectivity index (χ1) is 12.9. The molecule has 0 spiro atoms. The standard InChI is InChI=1S/C22H26N4O/c1-14-9-15(2)20-18(10-14)19(11-16(3)25-20)21(27)24-12-22(5-6-22)13-26-8-7-23-17(26)4/h7-11H,5-6,12-13H2,1-4H3,(H,24,27). The fourth-order valence-electron chi connectivity index (χ4n) is 3.86. The number of fused-ring (bicyclic) bond motifs is 1. The van der Waals surface area contributed by atoms with Gasteiger partial charge in [-0.1, -0.05) is 11.6 Å². The Morgan fingerprint density at radius 2 is 1.96 bits per heavy atom. The van der Waals surface area contributed by atoms with Crippen molar-refractivity contribution < 1.29 is 4.79 Å². The normalized spacial score (nSPS) is 15.1. The maximum Gasteiger partial charge on any atom is 0.252 e. The Labute approximate surface area is 159 Å². The second-order valence-corrected chi connectivity index (χ2v) is 8.07. The molecule has 2 heterocycles. The van der Waals surface area contributed by atoms with Gasteiger partial charge in [-0.25, -0.2) is 4.98 Å². The third kappa shape index (κ3) is 3.46. The highest BCUT2D eigenvalue weighted by molar-refractivity contribution is 6.07. The molecule has 0 radical (unpaired) electrons. The predicted molar refractivity (Wildman–Crippen MR) is 107 cm³/mol. The number of imidazole rings is 1. The average molecular weight is 362 g/mol. The van der Waals surface area contributed by atoms with Crippen LogP contribution in [0.25, 0.3) is 10.9 Å². The molecule has 3 aromatic rings. The minimum absolute atomic E-state index is 0.0101. The van der Waals surface area contributed by atoms with Crippen LogP contribution in [0.1, 0.15) is 45.8 Å². The maximum absolute atomic E-state index is 13.0. The van der Waals surface area contributed by atoms with Crippen LogP contribution in [-0.2, 0) is 6.54 Å². The summed E-state index contributed by atoms with van der Waals surface area (Å²) in [5.74, 6) is 1.01. The quantitative estimate of drug-likeness (QED) is 0.749. The summed E-state index contributed by atoms with van der Waals surface area (Å²) in [6.45, 7) is 9.67. The summed E-state index contributed by atoms with van der Waals surface area (Å²) in [5, 5.41) is 4.13. The Morgan fingerprint density at radius 3 is 2.63 bits per heavy atom. The molecule has 1 amide bonds. The number of rotatable bonds is 5. The number of carbonyl (C=O) groups excluding carboxylic acids is 1. The van der Waals surface area contributed by atoms with Crippen LogP contribution in [0.2, 0.25) is 0 Å². The predicted octanol–water partition coefficient (Wildman–Crippen LogP) is 3.88. The molecule has 1 aliphatic rings. The Hall–Kier alpha value is -2.69. The zero-order valence-electron chi connectivity index (χ0n) is 16.5. The van der Waals surface area contributed by atoms with Crippen molar-refractivity contribution in [2.24, 2.45) is 5.41 Å². The fourth-order valence-corrected chi connectivity index (χ4v) is 3.86. The lowest BCUT2D eigenvalue weighted by Crippen LogP contribution is -2.32. The lowest BCUT2D eigenvalue weighted by atomic mass is 10.0. The van der Waals surface area contributed by atoms with E-state index in [2.05, 4.69) is 45.8 Å². The molecule has 0 bridgehead atoms. The van der Waals surface area contributed by atoms with E-state index in [0.29, 0.717) is 6.54 Å². The van der Waals surface area contributed by atoms with Crippen molar-refractivity contribution in [3.8, 4) is 0 Å². The van der Waals surface area contributed by atoms with Gasteiger partial charge in [0.2, 0.25) is 0 Å². The Bertz CT molecular complexity index is 1030. The van der Waals surface area contributed by atoms with Crippen LogP contribution in [0, 0.1) is 33.1 Å². The van der Waals surface area contributed by atoms with Gasteiger partial charge in [0.05, 0.1) is 11.1 Å². The number of hydrogen-bond acceptors (Lipinski definition) is 3. The highest BCUT2D eigenvalue weighted by Crippen LogP contribution is 2.46. The van der Waals surface area contributed by atoms with Gasteiger partial charge in [-0.3, -0.25) is 9.78 Å². The van der Waals surface area contributed by atoms with E-state index in [1.807, 2.05) is 32.3 Å². The molecule has 1 aromatic carbocycles. The fraction of sp³-hybridized carbons (Fsp3) is 0.409. The van der Waals surface area contributed by atoms with Gasteiger partial charge in [-0.05, 0) is 58.2 Å². The van der Waals surface area contributed by atoms with E-state index in [-0.39, 0.29) is 11.3 Å². The van der Waals surface area contributed by atoms with Gasteiger partial charge in [0.15, 0.2) is 0 Å². The molecule has 0 unspecified atom stereocenters. The second-order valence-electron chi connectivity index (χ2n) is 8.07. The van der Waals surface area contributed by atoms with E-state index >= 15 is 0 Å². The van der Waals surface area contributed by atoms with Crippen LogP contribution in [-0.4, -0.2) is 27.0 Å². The summed E-state index contributed by atoms with van der Waals surface area (Å²) in [6, 6.07) is 6.07. The number of carbonyl (C=O) groups is 1. The monoisotopic (exact) mass is 362 g/mol. The Balaban J connectivity index is 1.56. The first kappa shape index (κ1) is 17.7. The smallest absolute Gasteiger partial charge is 0.252 e. The number of aromatic nitrogens is 3. The van der Waals surface area contributed by atoms with Gasteiger partial charge in [-0.15, -0.1) is 0 Å². The van der Waals surface area contributed by atoms with Crippen LogP contribution in [0.15, 0.2) is 30.6 Å². The Kier molecular flexibility index (Phi) is 4.25. The van der Waals surface area contributed by atoms with Crippen LogP contribution >= 0.6 is 0 Å². The van der Waals surface area contributed by atoms with Crippen molar-refractivity contribution in [2.45, 2.75) is 47.1 Å². The number of amides is 1. The molecule has 0 aliphatic heterocycles. The summed E-state index contributed by atoms with van der Waals surface area (Å²) in [7, 11) is 0. The molecular weight excluding hydrogens is 336 g/mol. The van der Waals surface area contributed by atoms with Crippen molar-refractivity contribution >= 4 is 16.8 Å². The second kappa shape index (κ2) is 6.48. The number of nitrogens with zero attached hydrogens (tertiary/aromatic N) is 3. The summed E-state index contributed by atoms with van der Waals surface area (Å²) in [5.41, 5.74) is 4.92. The minimum atomic E-state index is -0.0101. The van der Waals surface area contributed by atoms with Crippen LogP contribution in [0.3, 0.4) is 0 Å². The number of benzene rings is 1. The molecule has 0 atom stereocenters. The van der Waals surface area contributed by atoms with Crippen molar-refractivity contribution in [1.82, 2.24) is 19.9 Å². The van der Waals surface area contributed by atoms with E-state index in [1.54, 1.807) is 0 Å². The molecule has 1 aliphatic carbocycles. The van der Waals surface area contributed by atoms with E-state index < -0.39 is 0 Å². The van der Waals surface area contributed by atoms with Gasteiger partial charge in [0.25, 0.3) is 5.91 Å². The highest BCUT2D eigenvalue weighted by atomic mass is 16.1. The SMILES string of the molecule is Cc1cc(C)c2nc(C)cc(C(=O)NCC3(Cn4ccnc4C)CC3)c2c1. The first-order valence-electron chi connectivity index (χ1n) is 9.51.